The third-order valence-electron chi connectivity index (χ3n) is 7.62. The summed E-state index contributed by atoms with van der Waals surface area (Å²) in [5.74, 6) is 0.0642. The Morgan fingerprint density at radius 1 is 0.969 bits per heavy atom. The minimum Gasteiger partial charge on any atom is -0.354 e. The van der Waals surface area contributed by atoms with Gasteiger partial charge in [-0.15, -0.1) is 0 Å². The maximum atomic E-state index is 12.8. The minimum absolute atomic E-state index is 0.00962. The van der Waals surface area contributed by atoms with E-state index < -0.39 is 0 Å². The number of benzene rings is 2. The summed E-state index contributed by atoms with van der Waals surface area (Å²) in [6, 6.07) is 20.9. The fourth-order valence-corrected chi connectivity index (χ4v) is 5.62. The van der Waals surface area contributed by atoms with Crippen LogP contribution in [0.5, 0.6) is 0 Å². The molecule has 0 aromatic heterocycles. The van der Waals surface area contributed by atoms with Crippen LogP contribution in [0.3, 0.4) is 0 Å². The molecular formula is C27H35N3O2. The van der Waals surface area contributed by atoms with E-state index in [0.29, 0.717) is 19.5 Å². The molecule has 0 unspecified atom stereocenters. The molecule has 2 aliphatic rings. The highest BCUT2D eigenvalue weighted by Crippen LogP contribution is 2.52. The molecule has 170 valence electrons. The zero-order chi connectivity index (χ0) is 22.6. The second kappa shape index (κ2) is 9.45. The van der Waals surface area contributed by atoms with Gasteiger partial charge >= 0.3 is 0 Å². The van der Waals surface area contributed by atoms with Gasteiger partial charge in [0.25, 0.3) is 0 Å². The Morgan fingerprint density at radius 3 is 2.22 bits per heavy atom. The van der Waals surface area contributed by atoms with Crippen molar-refractivity contribution in [2.75, 3.05) is 33.7 Å². The highest BCUT2D eigenvalue weighted by Gasteiger charge is 2.50. The summed E-state index contributed by atoms with van der Waals surface area (Å²) in [7, 11) is 4.33. The monoisotopic (exact) mass is 433 g/mol. The second-order valence-electron chi connectivity index (χ2n) is 9.80. The van der Waals surface area contributed by atoms with Crippen LogP contribution in [0.4, 0.5) is 0 Å². The van der Waals surface area contributed by atoms with Crippen molar-refractivity contribution in [2.24, 2.45) is 5.41 Å². The van der Waals surface area contributed by atoms with Crippen LogP contribution >= 0.6 is 0 Å². The molecule has 0 radical (unpaired) electrons. The molecule has 1 N–H and O–H groups in total. The van der Waals surface area contributed by atoms with E-state index in [2.05, 4.69) is 66.8 Å². The number of carbonyl (C=O) groups excluding carboxylic acids is 2. The Labute approximate surface area is 191 Å². The van der Waals surface area contributed by atoms with Crippen molar-refractivity contribution in [3.63, 3.8) is 0 Å². The zero-order valence-corrected chi connectivity index (χ0v) is 19.3. The molecule has 1 spiro atoms. The van der Waals surface area contributed by atoms with Crippen molar-refractivity contribution in [1.29, 1.82) is 0 Å². The van der Waals surface area contributed by atoms with Crippen LogP contribution in [-0.2, 0) is 21.5 Å². The molecule has 2 amide bonds. The van der Waals surface area contributed by atoms with Crippen molar-refractivity contribution >= 4 is 11.8 Å². The van der Waals surface area contributed by atoms with E-state index in [9.17, 15) is 9.59 Å². The molecule has 2 aromatic carbocycles. The highest BCUT2D eigenvalue weighted by molar-refractivity contribution is 5.86. The summed E-state index contributed by atoms with van der Waals surface area (Å²) < 4.78 is 0. The summed E-state index contributed by atoms with van der Waals surface area (Å²) in [4.78, 5) is 29.4. The standard InChI is InChI=1S/C27H35N3O2/c1-29(2)27(23-11-7-4-8-12-23)16-14-26(15-17-27)19-25(32)30(21-26)20-24(31)28-18-13-22-9-5-3-6-10-22/h3-12H,13-21H2,1-2H3,(H,28,31). The Kier molecular flexibility index (Phi) is 6.66. The molecule has 0 bridgehead atoms. The fourth-order valence-electron chi connectivity index (χ4n) is 5.62. The number of amides is 2. The fraction of sp³-hybridized carbons (Fsp3) is 0.481. The molecule has 1 saturated carbocycles. The summed E-state index contributed by atoms with van der Waals surface area (Å²) in [6.45, 7) is 1.47. The summed E-state index contributed by atoms with van der Waals surface area (Å²) >= 11 is 0. The van der Waals surface area contributed by atoms with E-state index in [-0.39, 0.29) is 29.3 Å². The summed E-state index contributed by atoms with van der Waals surface area (Å²) in [5.41, 5.74) is 2.60. The maximum absolute atomic E-state index is 12.8. The van der Waals surface area contributed by atoms with E-state index in [1.165, 1.54) is 11.1 Å². The molecule has 1 aliphatic heterocycles. The minimum atomic E-state index is -0.0611. The zero-order valence-electron chi connectivity index (χ0n) is 19.3. The molecular weight excluding hydrogens is 398 g/mol. The second-order valence-corrected chi connectivity index (χ2v) is 9.80. The van der Waals surface area contributed by atoms with Crippen LogP contribution in [0.1, 0.15) is 43.2 Å². The van der Waals surface area contributed by atoms with Crippen LogP contribution in [0.2, 0.25) is 0 Å². The van der Waals surface area contributed by atoms with Gasteiger partial charge in [0.15, 0.2) is 0 Å². The van der Waals surface area contributed by atoms with Crippen molar-refractivity contribution in [2.45, 2.75) is 44.1 Å². The number of likely N-dealkylation sites (tertiary alicyclic amines) is 1. The predicted molar refractivity (Wildman–Crippen MR) is 127 cm³/mol. The van der Waals surface area contributed by atoms with E-state index >= 15 is 0 Å². The Hall–Kier alpha value is -2.66. The van der Waals surface area contributed by atoms with Gasteiger partial charge < -0.3 is 10.2 Å². The van der Waals surface area contributed by atoms with Gasteiger partial charge in [0.05, 0.1) is 6.54 Å². The summed E-state index contributed by atoms with van der Waals surface area (Å²) in [6.07, 6.45) is 5.47. The first kappa shape index (κ1) is 22.5. The van der Waals surface area contributed by atoms with Gasteiger partial charge in [0.2, 0.25) is 11.8 Å². The van der Waals surface area contributed by atoms with Crippen LogP contribution in [0, 0.1) is 5.41 Å². The van der Waals surface area contributed by atoms with Crippen molar-refractivity contribution in [3.8, 4) is 0 Å². The SMILES string of the molecule is CN(C)C1(c2ccccc2)CCC2(CC1)CC(=O)N(CC(=O)NCCc1ccccc1)C2. The van der Waals surface area contributed by atoms with Gasteiger partial charge in [-0.25, -0.2) is 0 Å². The topological polar surface area (TPSA) is 52.7 Å². The first-order valence-corrected chi connectivity index (χ1v) is 11.7. The third-order valence-corrected chi connectivity index (χ3v) is 7.62. The number of nitrogens with one attached hydrogen (secondary N) is 1. The largest absolute Gasteiger partial charge is 0.354 e. The average molecular weight is 434 g/mol. The lowest BCUT2D eigenvalue weighted by molar-refractivity contribution is -0.133. The Bertz CT molecular complexity index is 918. The van der Waals surface area contributed by atoms with E-state index in [1.54, 1.807) is 4.90 Å². The number of rotatable bonds is 7. The number of nitrogens with zero attached hydrogens (tertiary/aromatic N) is 2. The summed E-state index contributed by atoms with van der Waals surface area (Å²) in [5, 5.41) is 2.98. The molecule has 5 heteroatoms. The predicted octanol–water partition coefficient (Wildman–Crippen LogP) is 3.60. The lowest BCUT2D eigenvalue weighted by atomic mass is 9.64. The van der Waals surface area contributed by atoms with Gasteiger partial charge in [-0.3, -0.25) is 14.5 Å². The highest BCUT2D eigenvalue weighted by atomic mass is 16.2. The van der Waals surface area contributed by atoms with Crippen molar-refractivity contribution in [3.05, 3.63) is 71.8 Å². The van der Waals surface area contributed by atoms with Crippen LogP contribution in [0.25, 0.3) is 0 Å². The normalized spacial score (nSPS) is 25.5. The Balaban J connectivity index is 1.32. The lowest BCUT2D eigenvalue weighted by Gasteiger charge is -2.48. The first-order chi connectivity index (χ1) is 15.4. The lowest BCUT2D eigenvalue weighted by Crippen LogP contribution is -2.47. The number of hydrogen-bond acceptors (Lipinski definition) is 3. The smallest absolute Gasteiger partial charge is 0.239 e. The van der Waals surface area contributed by atoms with E-state index in [1.807, 2.05) is 18.2 Å². The van der Waals surface area contributed by atoms with E-state index in [0.717, 1.165) is 32.1 Å². The molecule has 2 fully saturated rings. The molecule has 1 saturated heterocycles. The van der Waals surface area contributed by atoms with Crippen molar-refractivity contribution < 1.29 is 9.59 Å². The quantitative estimate of drug-likeness (QED) is 0.726. The van der Waals surface area contributed by atoms with Gasteiger partial charge in [-0.05, 0) is 62.7 Å². The molecule has 32 heavy (non-hydrogen) atoms. The number of carbonyl (C=O) groups is 2. The number of hydrogen-bond donors (Lipinski definition) is 1. The molecule has 1 heterocycles. The first-order valence-electron chi connectivity index (χ1n) is 11.7. The maximum Gasteiger partial charge on any atom is 0.239 e. The molecule has 5 nitrogen and oxygen atoms in total. The van der Waals surface area contributed by atoms with Crippen LogP contribution in [0.15, 0.2) is 60.7 Å². The third kappa shape index (κ3) is 4.73. The molecule has 0 atom stereocenters. The molecule has 1 aliphatic carbocycles. The average Bonchev–Trinajstić information content (AvgIpc) is 3.10. The van der Waals surface area contributed by atoms with Crippen LogP contribution in [-0.4, -0.2) is 55.3 Å². The van der Waals surface area contributed by atoms with Crippen LogP contribution < -0.4 is 5.32 Å². The molecule has 4 rings (SSSR count). The van der Waals surface area contributed by atoms with Gasteiger partial charge in [0.1, 0.15) is 0 Å². The Morgan fingerprint density at radius 2 is 1.59 bits per heavy atom. The van der Waals surface area contributed by atoms with Gasteiger partial charge in [-0.1, -0.05) is 60.7 Å². The van der Waals surface area contributed by atoms with E-state index in [4.69, 9.17) is 0 Å². The molecule has 2 aromatic rings. The van der Waals surface area contributed by atoms with Gasteiger partial charge in [-0.2, -0.15) is 0 Å². The van der Waals surface area contributed by atoms with Crippen molar-refractivity contribution in [1.82, 2.24) is 15.1 Å². The van der Waals surface area contributed by atoms with Gasteiger partial charge in [0, 0.05) is 25.0 Å².